The van der Waals surface area contributed by atoms with Crippen molar-refractivity contribution in [1.29, 1.82) is 0 Å². The van der Waals surface area contributed by atoms with Gasteiger partial charge in [0.2, 0.25) is 5.91 Å². The Bertz CT molecular complexity index is 982. The summed E-state index contributed by atoms with van der Waals surface area (Å²) in [5.74, 6) is 0.841. The van der Waals surface area contributed by atoms with E-state index in [9.17, 15) is 9.90 Å². The molecule has 2 aromatic carbocycles. The van der Waals surface area contributed by atoms with Gasteiger partial charge >= 0.3 is 0 Å². The van der Waals surface area contributed by atoms with Crippen molar-refractivity contribution in [2.45, 2.75) is 19.8 Å². The summed E-state index contributed by atoms with van der Waals surface area (Å²) in [7, 11) is 0. The molecule has 2 N–H and O–H groups in total. The van der Waals surface area contributed by atoms with Gasteiger partial charge in [-0.05, 0) is 44.4 Å². The number of amides is 1. The number of hydrogen-bond donors (Lipinski definition) is 2. The van der Waals surface area contributed by atoms with Crippen LogP contribution in [0.4, 0.5) is 5.82 Å². The Morgan fingerprint density at radius 3 is 2.67 bits per heavy atom. The van der Waals surface area contributed by atoms with Gasteiger partial charge in [0.15, 0.2) is 0 Å². The van der Waals surface area contributed by atoms with Crippen molar-refractivity contribution in [3.05, 3.63) is 66.2 Å². The van der Waals surface area contributed by atoms with Crippen LogP contribution in [0.5, 0.6) is 0 Å². The first-order valence-electron chi connectivity index (χ1n) is 10.5. The summed E-state index contributed by atoms with van der Waals surface area (Å²) in [6, 6.07) is 19.9. The third-order valence-electron chi connectivity index (χ3n) is 5.55. The second-order valence-corrected chi connectivity index (χ2v) is 8.00. The number of nitrogens with zero attached hydrogens (tertiary/aromatic N) is 3. The first-order valence-corrected chi connectivity index (χ1v) is 10.5. The first-order chi connectivity index (χ1) is 14.6. The van der Waals surface area contributed by atoms with Gasteiger partial charge in [-0.15, -0.1) is 0 Å². The standard InChI is InChI=1S/C24H28N4O2/c1-18-9-11-20(12-10-18)22-14-23(28(26-22)21-7-3-2-4-8-21)25-24(30)16-27-13-5-6-19(15-27)17-29/h2-4,7-12,14,19,29H,5-6,13,15-17H2,1H3,(H,25,30). The van der Waals surface area contributed by atoms with Crippen molar-refractivity contribution < 1.29 is 9.90 Å². The number of likely N-dealkylation sites (tertiary alicyclic amines) is 1. The third kappa shape index (κ3) is 4.78. The van der Waals surface area contributed by atoms with Gasteiger partial charge in [-0.1, -0.05) is 48.0 Å². The molecule has 1 atom stereocenters. The van der Waals surface area contributed by atoms with Crippen molar-refractivity contribution in [2.24, 2.45) is 5.92 Å². The monoisotopic (exact) mass is 404 g/mol. The molecule has 0 aliphatic carbocycles. The van der Waals surface area contributed by atoms with Gasteiger partial charge < -0.3 is 10.4 Å². The van der Waals surface area contributed by atoms with Gasteiger partial charge in [-0.3, -0.25) is 9.69 Å². The van der Waals surface area contributed by atoms with E-state index < -0.39 is 0 Å². The van der Waals surface area contributed by atoms with E-state index in [1.807, 2.05) is 48.5 Å². The number of carbonyl (C=O) groups excluding carboxylic acids is 1. The molecule has 6 heteroatoms. The van der Waals surface area contributed by atoms with E-state index in [-0.39, 0.29) is 18.4 Å². The SMILES string of the molecule is Cc1ccc(-c2cc(NC(=O)CN3CCCC(CO)C3)n(-c3ccccc3)n2)cc1. The number of anilines is 1. The van der Waals surface area contributed by atoms with Crippen LogP contribution in [-0.2, 0) is 4.79 Å². The van der Waals surface area contributed by atoms with Crippen molar-refractivity contribution in [3.8, 4) is 16.9 Å². The van der Waals surface area contributed by atoms with Crippen LogP contribution in [-0.4, -0.2) is 51.9 Å². The smallest absolute Gasteiger partial charge is 0.239 e. The zero-order chi connectivity index (χ0) is 20.9. The number of aliphatic hydroxyl groups is 1. The Morgan fingerprint density at radius 1 is 1.17 bits per heavy atom. The third-order valence-corrected chi connectivity index (χ3v) is 5.55. The molecule has 1 aliphatic rings. The van der Waals surface area contributed by atoms with Crippen molar-refractivity contribution in [3.63, 3.8) is 0 Å². The number of hydrogen-bond acceptors (Lipinski definition) is 4. The fourth-order valence-corrected chi connectivity index (χ4v) is 3.93. The second kappa shape index (κ2) is 9.24. The Hall–Kier alpha value is -2.96. The highest BCUT2D eigenvalue weighted by atomic mass is 16.3. The number of piperidine rings is 1. The lowest BCUT2D eigenvalue weighted by Gasteiger charge is -2.31. The summed E-state index contributed by atoms with van der Waals surface area (Å²) in [4.78, 5) is 14.9. The summed E-state index contributed by atoms with van der Waals surface area (Å²) in [6.45, 7) is 4.20. The van der Waals surface area contributed by atoms with Crippen LogP contribution in [0.1, 0.15) is 18.4 Å². The van der Waals surface area contributed by atoms with E-state index in [0.717, 1.165) is 42.9 Å². The minimum Gasteiger partial charge on any atom is -0.396 e. The number of aryl methyl sites for hydroxylation is 1. The number of benzene rings is 2. The minimum atomic E-state index is -0.0684. The molecule has 1 aliphatic heterocycles. The Morgan fingerprint density at radius 2 is 1.93 bits per heavy atom. The highest BCUT2D eigenvalue weighted by Gasteiger charge is 2.22. The van der Waals surface area contributed by atoms with Gasteiger partial charge in [-0.25, -0.2) is 4.68 Å². The molecule has 156 valence electrons. The van der Waals surface area contributed by atoms with E-state index in [4.69, 9.17) is 5.10 Å². The predicted molar refractivity (Wildman–Crippen MR) is 119 cm³/mol. The lowest BCUT2D eigenvalue weighted by atomic mass is 9.99. The molecule has 0 radical (unpaired) electrons. The summed E-state index contributed by atoms with van der Waals surface area (Å²) >= 11 is 0. The van der Waals surface area contributed by atoms with Crippen molar-refractivity contribution >= 4 is 11.7 Å². The number of para-hydroxylation sites is 1. The lowest BCUT2D eigenvalue weighted by molar-refractivity contribution is -0.117. The van der Waals surface area contributed by atoms with Crippen molar-refractivity contribution in [2.75, 3.05) is 31.6 Å². The van der Waals surface area contributed by atoms with Crippen LogP contribution >= 0.6 is 0 Å². The molecular formula is C24H28N4O2. The number of aromatic nitrogens is 2. The van der Waals surface area contributed by atoms with Gasteiger partial charge in [0, 0.05) is 24.8 Å². The number of rotatable bonds is 6. The summed E-state index contributed by atoms with van der Waals surface area (Å²) < 4.78 is 1.78. The Labute approximate surface area is 177 Å². The van der Waals surface area contributed by atoms with Gasteiger partial charge in [0.25, 0.3) is 0 Å². The first kappa shape index (κ1) is 20.3. The highest BCUT2D eigenvalue weighted by Crippen LogP contribution is 2.25. The molecule has 30 heavy (non-hydrogen) atoms. The Kier molecular flexibility index (Phi) is 6.26. The fourth-order valence-electron chi connectivity index (χ4n) is 3.93. The quantitative estimate of drug-likeness (QED) is 0.660. The molecule has 6 nitrogen and oxygen atoms in total. The molecule has 4 rings (SSSR count). The zero-order valence-electron chi connectivity index (χ0n) is 17.3. The lowest BCUT2D eigenvalue weighted by Crippen LogP contribution is -2.41. The summed E-state index contributed by atoms with van der Waals surface area (Å²) in [5.41, 5.74) is 3.90. The maximum Gasteiger partial charge on any atom is 0.239 e. The average molecular weight is 405 g/mol. The van der Waals surface area contributed by atoms with Crippen LogP contribution in [0.3, 0.4) is 0 Å². The fraction of sp³-hybridized carbons (Fsp3) is 0.333. The van der Waals surface area contributed by atoms with Crippen LogP contribution in [0, 0.1) is 12.8 Å². The summed E-state index contributed by atoms with van der Waals surface area (Å²) in [6.07, 6.45) is 2.04. The topological polar surface area (TPSA) is 70.4 Å². The highest BCUT2D eigenvalue weighted by molar-refractivity contribution is 5.92. The number of aliphatic hydroxyl groups excluding tert-OH is 1. The van der Waals surface area contributed by atoms with E-state index >= 15 is 0 Å². The Balaban J connectivity index is 1.56. The maximum absolute atomic E-state index is 12.8. The average Bonchev–Trinajstić information content (AvgIpc) is 3.18. The van der Waals surface area contributed by atoms with E-state index in [2.05, 4.69) is 29.3 Å². The van der Waals surface area contributed by atoms with E-state index in [1.165, 1.54) is 5.56 Å². The van der Waals surface area contributed by atoms with E-state index in [1.54, 1.807) is 4.68 Å². The van der Waals surface area contributed by atoms with E-state index in [0.29, 0.717) is 12.4 Å². The summed E-state index contributed by atoms with van der Waals surface area (Å²) in [5, 5.41) is 17.2. The molecule has 2 heterocycles. The number of nitrogens with one attached hydrogen (secondary N) is 1. The molecule has 1 aromatic heterocycles. The molecular weight excluding hydrogens is 376 g/mol. The van der Waals surface area contributed by atoms with Crippen LogP contribution in [0.15, 0.2) is 60.7 Å². The predicted octanol–water partition coefficient (Wildman–Crippen LogP) is 3.49. The largest absolute Gasteiger partial charge is 0.396 e. The zero-order valence-corrected chi connectivity index (χ0v) is 17.3. The van der Waals surface area contributed by atoms with Gasteiger partial charge in [0.05, 0.1) is 17.9 Å². The molecule has 1 unspecified atom stereocenters. The molecule has 0 spiro atoms. The molecule has 1 amide bonds. The van der Waals surface area contributed by atoms with Crippen molar-refractivity contribution in [1.82, 2.24) is 14.7 Å². The van der Waals surface area contributed by atoms with Gasteiger partial charge in [-0.2, -0.15) is 5.10 Å². The molecule has 1 saturated heterocycles. The maximum atomic E-state index is 12.8. The molecule has 1 fully saturated rings. The molecule has 0 saturated carbocycles. The van der Waals surface area contributed by atoms with Gasteiger partial charge in [0.1, 0.15) is 5.82 Å². The minimum absolute atomic E-state index is 0.0684. The van der Waals surface area contributed by atoms with Crippen LogP contribution < -0.4 is 5.32 Å². The molecule has 0 bridgehead atoms. The molecule has 3 aromatic rings. The second-order valence-electron chi connectivity index (χ2n) is 8.00. The number of carbonyl (C=O) groups is 1. The van der Waals surface area contributed by atoms with Crippen LogP contribution in [0.25, 0.3) is 16.9 Å². The van der Waals surface area contributed by atoms with Crippen LogP contribution in [0.2, 0.25) is 0 Å². The normalized spacial score (nSPS) is 17.1.